The largest absolute Gasteiger partial charge is 0.350 e. The van der Waals surface area contributed by atoms with Gasteiger partial charge in [-0.2, -0.15) is 4.98 Å². The van der Waals surface area contributed by atoms with Gasteiger partial charge in [0, 0.05) is 30.6 Å². The van der Waals surface area contributed by atoms with E-state index in [1.165, 1.54) is 5.39 Å². The zero-order chi connectivity index (χ0) is 13.4. The van der Waals surface area contributed by atoms with E-state index in [2.05, 4.69) is 54.0 Å². The Bertz CT molecular complexity index is 753. The van der Waals surface area contributed by atoms with Crippen LogP contribution in [-0.4, -0.2) is 14.5 Å². The van der Waals surface area contributed by atoms with Gasteiger partial charge in [-0.1, -0.05) is 6.07 Å². The summed E-state index contributed by atoms with van der Waals surface area (Å²) in [5.41, 5.74) is 2.10. The summed E-state index contributed by atoms with van der Waals surface area (Å²) in [5, 5.41) is 4.64. The predicted octanol–water partition coefficient (Wildman–Crippen LogP) is 4.13. The van der Waals surface area contributed by atoms with Crippen LogP contribution in [-0.2, 0) is 7.05 Å². The number of aromatic nitrogens is 3. The molecule has 0 spiro atoms. The molecule has 0 aliphatic rings. The first-order valence-electron chi connectivity index (χ1n) is 5.63. The van der Waals surface area contributed by atoms with Gasteiger partial charge < -0.3 is 9.88 Å². The number of rotatable bonds is 2. The van der Waals surface area contributed by atoms with Gasteiger partial charge >= 0.3 is 0 Å². The molecule has 0 unspecified atom stereocenters. The minimum absolute atomic E-state index is 0.214. The molecule has 0 saturated heterocycles. The Hall–Kier alpha value is -1.59. The van der Waals surface area contributed by atoms with E-state index in [1.54, 1.807) is 6.20 Å². The van der Waals surface area contributed by atoms with E-state index < -0.39 is 0 Å². The summed E-state index contributed by atoms with van der Waals surface area (Å²) in [6, 6.07) is 8.22. The number of aryl methyl sites for hydroxylation is 1. The van der Waals surface area contributed by atoms with Gasteiger partial charge in [0.1, 0.15) is 5.82 Å². The standard InChI is InChI=1S/C13H10BrClN4/c1-19-5-4-8-2-3-9(6-11(8)19)17-12-10(14)7-16-13(15)18-12/h2-7H,1H3,(H,16,17,18). The lowest BCUT2D eigenvalue weighted by Gasteiger charge is -2.08. The maximum atomic E-state index is 5.80. The molecule has 96 valence electrons. The molecule has 4 nitrogen and oxygen atoms in total. The van der Waals surface area contributed by atoms with Crippen LogP contribution < -0.4 is 5.32 Å². The Morgan fingerprint density at radius 1 is 1.32 bits per heavy atom. The zero-order valence-corrected chi connectivity index (χ0v) is 12.4. The quantitative estimate of drug-likeness (QED) is 0.715. The van der Waals surface area contributed by atoms with Gasteiger partial charge in [-0.05, 0) is 51.1 Å². The normalized spacial score (nSPS) is 10.9. The number of anilines is 2. The lowest BCUT2D eigenvalue weighted by molar-refractivity contribution is 0.969. The van der Waals surface area contributed by atoms with Crippen LogP contribution in [0.5, 0.6) is 0 Å². The van der Waals surface area contributed by atoms with Gasteiger partial charge in [0.2, 0.25) is 5.28 Å². The summed E-state index contributed by atoms with van der Waals surface area (Å²) in [6.45, 7) is 0. The molecule has 0 fully saturated rings. The number of benzene rings is 1. The Kier molecular flexibility index (Phi) is 3.16. The highest BCUT2D eigenvalue weighted by atomic mass is 79.9. The fraction of sp³-hybridized carbons (Fsp3) is 0.0769. The number of hydrogen-bond acceptors (Lipinski definition) is 3. The summed E-state index contributed by atoms with van der Waals surface area (Å²) >= 11 is 9.19. The molecule has 1 aromatic carbocycles. The minimum Gasteiger partial charge on any atom is -0.350 e. The minimum atomic E-state index is 0.214. The van der Waals surface area contributed by atoms with Crippen molar-refractivity contribution in [3.63, 3.8) is 0 Å². The third-order valence-electron chi connectivity index (χ3n) is 2.87. The van der Waals surface area contributed by atoms with Crippen molar-refractivity contribution in [3.8, 4) is 0 Å². The summed E-state index contributed by atoms with van der Waals surface area (Å²) < 4.78 is 2.84. The van der Waals surface area contributed by atoms with Gasteiger partial charge in [-0.3, -0.25) is 0 Å². The maximum Gasteiger partial charge on any atom is 0.224 e. The lowest BCUT2D eigenvalue weighted by atomic mass is 10.2. The van der Waals surface area contributed by atoms with Crippen molar-refractivity contribution in [2.75, 3.05) is 5.32 Å². The Morgan fingerprint density at radius 2 is 2.16 bits per heavy atom. The summed E-state index contributed by atoms with van der Waals surface area (Å²) in [7, 11) is 2.02. The van der Waals surface area contributed by atoms with Crippen LogP contribution >= 0.6 is 27.5 Å². The molecule has 2 heterocycles. The highest BCUT2D eigenvalue weighted by Crippen LogP contribution is 2.26. The van der Waals surface area contributed by atoms with Crippen LogP contribution in [0.25, 0.3) is 10.9 Å². The van der Waals surface area contributed by atoms with E-state index in [4.69, 9.17) is 11.6 Å². The number of halogens is 2. The molecule has 0 atom stereocenters. The molecular formula is C13H10BrClN4. The van der Waals surface area contributed by atoms with E-state index in [0.29, 0.717) is 5.82 Å². The van der Waals surface area contributed by atoms with Crippen molar-refractivity contribution in [2.45, 2.75) is 0 Å². The Balaban J connectivity index is 2.00. The van der Waals surface area contributed by atoms with Crippen molar-refractivity contribution >= 4 is 49.9 Å². The van der Waals surface area contributed by atoms with E-state index in [9.17, 15) is 0 Å². The van der Waals surface area contributed by atoms with Gasteiger partial charge in [0.25, 0.3) is 0 Å². The first kappa shape index (κ1) is 12.4. The SMILES string of the molecule is Cn1ccc2ccc(Nc3nc(Cl)ncc3Br)cc21. The van der Waals surface area contributed by atoms with Crippen molar-refractivity contribution < 1.29 is 0 Å². The molecule has 6 heteroatoms. The van der Waals surface area contributed by atoms with Crippen molar-refractivity contribution in [1.82, 2.24) is 14.5 Å². The molecular weight excluding hydrogens is 328 g/mol. The van der Waals surface area contributed by atoms with Crippen LogP contribution in [0.1, 0.15) is 0 Å². The van der Waals surface area contributed by atoms with Crippen LogP contribution in [0.2, 0.25) is 5.28 Å². The second-order valence-corrected chi connectivity index (χ2v) is 5.35. The first-order valence-corrected chi connectivity index (χ1v) is 6.81. The molecule has 0 aliphatic carbocycles. The lowest BCUT2D eigenvalue weighted by Crippen LogP contribution is -1.96. The summed E-state index contributed by atoms with van der Waals surface area (Å²) in [6.07, 6.45) is 3.66. The Labute approximate surface area is 123 Å². The topological polar surface area (TPSA) is 42.7 Å². The van der Waals surface area contributed by atoms with Crippen molar-refractivity contribution in [1.29, 1.82) is 0 Å². The third kappa shape index (κ3) is 2.43. The molecule has 0 radical (unpaired) electrons. The van der Waals surface area contributed by atoms with E-state index in [1.807, 2.05) is 19.3 Å². The second kappa shape index (κ2) is 4.83. The highest BCUT2D eigenvalue weighted by Gasteiger charge is 2.05. The van der Waals surface area contributed by atoms with E-state index >= 15 is 0 Å². The molecule has 1 N–H and O–H groups in total. The number of nitrogens with zero attached hydrogens (tertiary/aromatic N) is 3. The second-order valence-electron chi connectivity index (χ2n) is 4.16. The molecule has 0 aliphatic heterocycles. The average molecular weight is 338 g/mol. The number of hydrogen-bond donors (Lipinski definition) is 1. The van der Waals surface area contributed by atoms with Crippen LogP contribution in [0.15, 0.2) is 41.1 Å². The van der Waals surface area contributed by atoms with Gasteiger partial charge in [-0.15, -0.1) is 0 Å². The fourth-order valence-corrected chi connectivity index (χ4v) is 2.33. The smallest absolute Gasteiger partial charge is 0.224 e. The highest BCUT2D eigenvalue weighted by molar-refractivity contribution is 9.10. The predicted molar refractivity (Wildman–Crippen MR) is 80.9 cm³/mol. The molecule has 0 saturated carbocycles. The molecule has 3 rings (SSSR count). The molecule has 19 heavy (non-hydrogen) atoms. The Morgan fingerprint density at radius 3 is 3.00 bits per heavy atom. The van der Waals surface area contributed by atoms with Crippen LogP contribution in [0, 0.1) is 0 Å². The maximum absolute atomic E-state index is 5.80. The summed E-state index contributed by atoms with van der Waals surface area (Å²) in [5.74, 6) is 0.647. The fourth-order valence-electron chi connectivity index (χ4n) is 1.91. The third-order valence-corrected chi connectivity index (χ3v) is 3.63. The molecule has 0 amide bonds. The van der Waals surface area contributed by atoms with Crippen LogP contribution in [0.4, 0.5) is 11.5 Å². The van der Waals surface area contributed by atoms with Gasteiger partial charge in [0.05, 0.1) is 4.47 Å². The zero-order valence-electron chi connectivity index (χ0n) is 10.1. The molecule has 2 aromatic heterocycles. The van der Waals surface area contributed by atoms with Crippen molar-refractivity contribution in [3.05, 3.63) is 46.4 Å². The monoisotopic (exact) mass is 336 g/mol. The van der Waals surface area contributed by atoms with Crippen LogP contribution in [0.3, 0.4) is 0 Å². The molecule has 3 aromatic rings. The number of nitrogens with one attached hydrogen (secondary N) is 1. The summed E-state index contributed by atoms with van der Waals surface area (Å²) in [4.78, 5) is 8.05. The van der Waals surface area contributed by atoms with Gasteiger partial charge in [-0.25, -0.2) is 4.98 Å². The van der Waals surface area contributed by atoms with Gasteiger partial charge in [0.15, 0.2) is 0 Å². The first-order chi connectivity index (χ1) is 9.13. The average Bonchev–Trinajstić information content (AvgIpc) is 2.76. The number of fused-ring (bicyclic) bond motifs is 1. The van der Waals surface area contributed by atoms with E-state index in [0.717, 1.165) is 15.7 Å². The van der Waals surface area contributed by atoms with Crippen molar-refractivity contribution in [2.24, 2.45) is 7.05 Å². The molecule has 0 bridgehead atoms. The van der Waals surface area contributed by atoms with E-state index in [-0.39, 0.29) is 5.28 Å².